The van der Waals surface area contributed by atoms with E-state index in [2.05, 4.69) is 9.62 Å². The maximum Gasteiger partial charge on any atom is 0.241 e. The van der Waals surface area contributed by atoms with E-state index in [1.54, 1.807) is 17.0 Å². The summed E-state index contributed by atoms with van der Waals surface area (Å²) in [7, 11) is -3.93. The van der Waals surface area contributed by atoms with Gasteiger partial charge in [-0.3, -0.25) is 4.79 Å². The number of piperazine rings is 1. The van der Waals surface area contributed by atoms with E-state index in [1.807, 2.05) is 61.5 Å². The van der Waals surface area contributed by atoms with Crippen molar-refractivity contribution < 1.29 is 17.9 Å². The zero-order valence-corrected chi connectivity index (χ0v) is 21.7. The highest BCUT2D eigenvalue weighted by Gasteiger charge is 2.31. The molecule has 4 rings (SSSR count). The number of nitrogens with one attached hydrogen (secondary N) is 1. The number of sulfonamides is 1. The molecule has 0 saturated carbocycles. The van der Waals surface area contributed by atoms with E-state index in [1.165, 1.54) is 12.1 Å². The van der Waals surface area contributed by atoms with Crippen molar-refractivity contribution in [2.75, 3.05) is 37.7 Å². The zero-order valence-electron chi connectivity index (χ0n) is 20.1. The third-order valence-corrected chi connectivity index (χ3v) is 7.81. The summed E-state index contributed by atoms with van der Waals surface area (Å²) in [5.74, 6) is 0.352. The Morgan fingerprint density at radius 1 is 0.972 bits per heavy atom. The summed E-state index contributed by atoms with van der Waals surface area (Å²) in [5.41, 5.74) is 1.88. The molecule has 0 aromatic heterocycles. The summed E-state index contributed by atoms with van der Waals surface area (Å²) in [4.78, 5) is 17.6. The van der Waals surface area contributed by atoms with Crippen LogP contribution >= 0.6 is 11.6 Å². The lowest BCUT2D eigenvalue weighted by molar-refractivity contribution is -0.133. The predicted molar refractivity (Wildman–Crippen MR) is 142 cm³/mol. The van der Waals surface area contributed by atoms with Crippen LogP contribution in [0, 0.1) is 0 Å². The average Bonchev–Trinajstić information content (AvgIpc) is 2.89. The topological polar surface area (TPSA) is 78.9 Å². The van der Waals surface area contributed by atoms with Gasteiger partial charge in [0.2, 0.25) is 15.9 Å². The van der Waals surface area contributed by atoms with Gasteiger partial charge >= 0.3 is 0 Å². The molecule has 1 amide bonds. The normalized spacial score (nSPS) is 14.9. The van der Waals surface area contributed by atoms with E-state index in [9.17, 15) is 13.2 Å². The minimum absolute atomic E-state index is 0.0857. The molecule has 1 atom stereocenters. The van der Waals surface area contributed by atoms with Crippen LogP contribution in [0.2, 0.25) is 5.02 Å². The van der Waals surface area contributed by atoms with Crippen LogP contribution in [0.15, 0.2) is 83.8 Å². The lowest BCUT2D eigenvalue weighted by atomic mass is 10.1. The Morgan fingerprint density at radius 2 is 1.67 bits per heavy atom. The maximum absolute atomic E-state index is 13.6. The number of hydrogen-bond acceptors (Lipinski definition) is 5. The van der Waals surface area contributed by atoms with Crippen molar-refractivity contribution in [2.45, 2.75) is 24.3 Å². The fraction of sp³-hybridized carbons (Fsp3) is 0.296. The predicted octanol–water partition coefficient (Wildman–Crippen LogP) is 3.98. The molecule has 1 N–H and O–H groups in total. The summed E-state index contributed by atoms with van der Waals surface area (Å²) in [5, 5.41) is 0.664. The number of rotatable bonds is 9. The molecule has 0 bridgehead atoms. The van der Waals surface area contributed by atoms with E-state index in [0.717, 1.165) is 11.3 Å². The smallest absolute Gasteiger partial charge is 0.241 e. The van der Waals surface area contributed by atoms with Crippen molar-refractivity contribution in [1.29, 1.82) is 0 Å². The third-order valence-electron chi connectivity index (χ3n) is 6.09. The zero-order chi connectivity index (χ0) is 25.5. The van der Waals surface area contributed by atoms with Crippen LogP contribution in [0.1, 0.15) is 12.5 Å². The standard InChI is InChI=1S/C27H30ClN3O4S/c1-2-35-24-11-13-25(14-12-24)36(33,34)29-26(19-21-7-4-3-5-8-21)27(32)31-17-15-30(16-18-31)23-10-6-9-22(28)20-23/h3-14,20,26,29H,2,15-19H2,1H3. The molecule has 190 valence electrons. The largest absolute Gasteiger partial charge is 0.494 e. The molecule has 1 heterocycles. The van der Waals surface area contributed by atoms with E-state index >= 15 is 0 Å². The number of hydrogen-bond donors (Lipinski definition) is 1. The average molecular weight is 528 g/mol. The molecule has 36 heavy (non-hydrogen) atoms. The lowest BCUT2D eigenvalue weighted by Crippen LogP contribution is -2.55. The van der Waals surface area contributed by atoms with Crippen molar-refractivity contribution in [3.8, 4) is 5.75 Å². The van der Waals surface area contributed by atoms with Crippen LogP contribution in [-0.2, 0) is 21.2 Å². The monoisotopic (exact) mass is 527 g/mol. The number of halogens is 1. The van der Waals surface area contributed by atoms with E-state index in [0.29, 0.717) is 43.6 Å². The van der Waals surface area contributed by atoms with Gasteiger partial charge in [0.25, 0.3) is 0 Å². The van der Waals surface area contributed by atoms with Crippen molar-refractivity contribution in [2.24, 2.45) is 0 Å². The van der Waals surface area contributed by atoms with Crippen LogP contribution in [0.3, 0.4) is 0 Å². The molecule has 3 aromatic carbocycles. The Morgan fingerprint density at radius 3 is 2.31 bits per heavy atom. The molecule has 0 spiro atoms. The van der Waals surface area contributed by atoms with Gasteiger partial charge in [0, 0.05) is 36.9 Å². The Hall–Kier alpha value is -3.07. The molecule has 9 heteroatoms. The molecule has 1 saturated heterocycles. The number of amides is 1. The Balaban J connectivity index is 1.49. The molecule has 0 aliphatic carbocycles. The first-order chi connectivity index (χ1) is 17.4. The second-order valence-electron chi connectivity index (χ2n) is 8.56. The Kier molecular flexibility index (Phi) is 8.51. The number of anilines is 1. The van der Waals surface area contributed by atoms with E-state index in [-0.39, 0.29) is 17.2 Å². The molecule has 3 aromatic rings. The Bertz CT molecular complexity index is 1260. The van der Waals surface area contributed by atoms with Gasteiger partial charge in [0.15, 0.2) is 0 Å². The van der Waals surface area contributed by atoms with Crippen LogP contribution < -0.4 is 14.4 Å². The van der Waals surface area contributed by atoms with E-state index in [4.69, 9.17) is 16.3 Å². The fourth-order valence-electron chi connectivity index (χ4n) is 4.24. The molecule has 1 aliphatic rings. The van der Waals surface area contributed by atoms with Crippen LogP contribution in [0.25, 0.3) is 0 Å². The van der Waals surface area contributed by atoms with Crippen molar-refractivity contribution in [3.63, 3.8) is 0 Å². The van der Waals surface area contributed by atoms with Crippen LogP contribution in [-0.4, -0.2) is 58.1 Å². The van der Waals surface area contributed by atoms with Gasteiger partial charge in [-0.15, -0.1) is 0 Å². The van der Waals surface area contributed by atoms with Gasteiger partial charge in [0.05, 0.1) is 11.5 Å². The fourth-order valence-corrected chi connectivity index (χ4v) is 5.62. The summed E-state index contributed by atoms with van der Waals surface area (Å²) < 4.78 is 34.5. The highest BCUT2D eigenvalue weighted by Crippen LogP contribution is 2.22. The number of carbonyl (C=O) groups excluding carboxylic acids is 1. The molecule has 1 aliphatic heterocycles. The molecule has 1 fully saturated rings. The van der Waals surface area contributed by atoms with Gasteiger partial charge < -0.3 is 14.5 Å². The van der Waals surface area contributed by atoms with Gasteiger partial charge in [-0.25, -0.2) is 8.42 Å². The molecule has 0 radical (unpaired) electrons. The number of carbonyl (C=O) groups is 1. The second kappa shape index (κ2) is 11.8. The van der Waals surface area contributed by atoms with Crippen molar-refractivity contribution in [3.05, 3.63) is 89.4 Å². The van der Waals surface area contributed by atoms with Gasteiger partial charge in [-0.05, 0) is 61.4 Å². The number of nitrogens with zero attached hydrogens (tertiary/aromatic N) is 2. The van der Waals surface area contributed by atoms with Gasteiger partial charge in [0.1, 0.15) is 11.8 Å². The summed E-state index contributed by atoms with van der Waals surface area (Å²) in [6, 6.07) is 22.3. The Labute approximate surface area is 217 Å². The van der Waals surface area contributed by atoms with Crippen LogP contribution in [0.4, 0.5) is 5.69 Å². The first-order valence-electron chi connectivity index (χ1n) is 11.9. The molecular weight excluding hydrogens is 498 g/mol. The first-order valence-corrected chi connectivity index (χ1v) is 13.8. The third kappa shape index (κ3) is 6.57. The highest BCUT2D eigenvalue weighted by molar-refractivity contribution is 7.89. The van der Waals surface area contributed by atoms with Gasteiger partial charge in [-0.1, -0.05) is 48.0 Å². The van der Waals surface area contributed by atoms with E-state index < -0.39 is 16.1 Å². The second-order valence-corrected chi connectivity index (χ2v) is 10.7. The van der Waals surface area contributed by atoms with Crippen LogP contribution in [0.5, 0.6) is 5.75 Å². The van der Waals surface area contributed by atoms with Gasteiger partial charge in [-0.2, -0.15) is 4.72 Å². The SMILES string of the molecule is CCOc1ccc(S(=O)(=O)NC(Cc2ccccc2)C(=O)N2CCN(c3cccc(Cl)c3)CC2)cc1. The van der Waals surface area contributed by atoms with Crippen molar-refractivity contribution >= 4 is 33.2 Å². The minimum atomic E-state index is -3.93. The number of ether oxygens (including phenoxy) is 1. The summed E-state index contributed by atoms with van der Waals surface area (Å²) >= 11 is 6.13. The number of benzene rings is 3. The molecule has 7 nitrogen and oxygen atoms in total. The molecule has 1 unspecified atom stereocenters. The summed E-state index contributed by atoms with van der Waals surface area (Å²) in [6.45, 7) is 4.60. The highest BCUT2D eigenvalue weighted by atomic mass is 35.5. The lowest BCUT2D eigenvalue weighted by Gasteiger charge is -2.37. The maximum atomic E-state index is 13.6. The first kappa shape index (κ1) is 26.0. The summed E-state index contributed by atoms with van der Waals surface area (Å²) in [6.07, 6.45) is 0.254. The van der Waals surface area contributed by atoms with Crippen molar-refractivity contribution in [1.82, 2.24) is 9.62 Å². The quantitative estimate of drug-likeness (QED) is 0.455. The minimum Gasteiger partial charge on any atom is -0.494 e. The molecular formula is C27H30ClN3O4S.